The fraction of sp³-hybridized carbons (Fsp3) is 0.400. The molecule has 0 spiro atoms. The molecule has 2 aromatic rings. The predicted octanol–water partition coefficient (Wildman–Crippen LogP) is 1.89. The molecule has 0 bridgehead atoms. The zero-order valence-corrected chi connectivity index (χ0v) is 11.7. The Morgan fingerprint density at radius 2 is 2.14 bits per heavy atom. The van der Waals surface area contributed by atoms with Gasteiger partial charge < -0.3 is 10.0 Å². The number of carboxylic acids is 1. The quantitative estimate of drug-likeness (QED) is 0.883. The third-order valence-electron chi connectivity index (χ3n) is 4.12. The summed E-state index contributed by atoms with van der Waals surface area (Å²) in [6, 6.07) is 6.57. The smallest absolute Gasteiger partial charge is 0.326 e. The summed E-state index contributed by atoms with van der Waals surface area (Å²) in [4.78, 5) is 25.6. The van der Waals surface area contributed by atoms with E-state index in [9.17, 15) is 14.7 Å². The zero-order valence-electron chi connectivity index (χ0n) is 11.7. The maximum Gasteiger partial charge on any atom is 0.326 e. The van der Waals surface area contributed by atoms with Crippen molar-refractivity contribution in [2.75, 3.05) is 6.54 Å². The van der Waals surface area contributed by atoms with Crippen molar-refractivity contribution >= 4 is 22.8 Å². The summed E-state index contributed by atoms with van der Waals surface area (Å²) in [5.74, 6) is -1.31. The summed E-state index contributed by atoms with van der Waals surface area (Å²) in [5.41, 5.74) is 1.07. The maximum atomic E-state index is 12.7. The number of H-pyrrole nitrogens is 1. The van der Waals surface area contributed by atoms with Gasteiger partial charge in [0.15, 0.2) is 5.69 Å². The predicted molar refractivity (Wildman–Crippen MR) is 77.0 cm³/mol. The molecule has 21 heavy (non-hydrogen) atoms. The van der Waals surface area contributed by atoms with Gasteiger partial charge in [0.25, 0.3) is 5.91 Å². The van der Waals surface area contributed by atoms with E-state index in [1.54, 1.807) is 0 Å². The normalized spacial score (nSPS) is 22.4. The lowest BCUT2D eigenvalue weighted by molar-refractivity contribution is -0.145. The lowest BCUT2D eigenvalue weighted by atomic mass is 9.90. The third-order valence-corrected chi connectivity index (χ3v) is 4.12. The molecule has 0 radical (unpaired) electrons. The number of hydrogen-bond acceptors (Lipinski definition) is 3. The number of aliphatic carboxylic acids is 1. The van der Waals surface area contributed by atoms with Crippen molar-refractivity contribution in [1.29, 1.82) is 0 Å². The SMILES string of the molecule is CC1CCCN(C(=O)c2n[nH]c3ccccc23)C1C(=O)O. The highest BCUT2D eigenvalue weighted by atomic mass is 16.4. The van der Waals surface area contributed by atoms with Crippen molar-refractivity contribution in [2.24, 2.45) is 5.92 Å². The van der Waals surface area contributed by atoms with E-state index >= 15 is 0 Å². The Balaban J connectivity index is 1.98. The number of amides is 1. The Kier molecular flexibility index (Phi) is 3.37. The lowest BCUT2D eigenvalue weighted by Crippen LogP contribution is -2.52. The van der Waals surface area contributed by atoms with Crippen LogP contribution in [-0.2, 0) is 4.79 Å². The van der Waals surface area contributed by atoms with E-state index in [2.05, 4.69) is 10.2 Å². The highest BCUT2D eigenvalue weighted by Gasteiger charge is 2.38. The number of para-hydroxylation sites is 1. The average molecular weight is 287 g/mol. The van der Waals surface area contributed by atoms with E-state index in [-0.39, 0.29) is 11.8 Å². The molecule has 1 aromatic carbocycles. The van der Waals surface area contributed by atoms with Crippen LogP contribution < -0.4 is 0 Å². The molecule has 2 N–H and O–H groups in total. The molecule has 1 saturated heterocycles. The monoisotopic (exact) mass is 287 g/mol. The van der Waals surface area contributed by atoms with Gasteiger partial charge in [-0.05, 0) is 24.8 Å². The topological polar surface area (TPSA) is 86.3 Å². The minimum Gasteiger partial charge on any atom is -0.480 e. The first-order chi connectivity index (χ1) is 10.1. The molecule has 1 aliphatic heterocycles. The molecule has 2 heterocycles. The number of rotatable bonds is 2. The first-order valence-corrected chi connectivity index (χ1v) is 7.06. The van der Waals surface area contributed by atoms with Crippen molar-refractivity contribution in [3.8, 4) is 0 Å². The number of hydrogen-bond donors (Lipinski definition) is 2. The van der Waals surface area contributed by atoms with Crippen LogP contribution in [0.3, 0.4) is 0 Å². The standard InChI is InChI=1S/C15H17N3O3/c1-9-5-4-8-18(13(9)15(20)21)14(19)12-10-6-2-3-7-11(10)16-17-12/h2-3,6-7,9,13H,4-5,8H2,1H3,(H,16,17)(H,20,21). The number of carbonyl (C=O) groups is 2. The molecule has 2 unspecified atom stereocenters. The summed E-state index contributed by atoms with van der Waals surface area (Å²) in [6.45, 7) is 2.34. The molecule has 1 aliphatic rings. The summed E-state index contributed by atoms with van der Waals surface area (Å²) < 4.78 is 0. The largest absolute Gasteiger partial charge is 0.480 e. The second kappa shape index (κ2) is 5.20. The van der Waals surface area contributed by atoms with Crippen molar-refractivity contribution in [3.63, 3.8) is 0 Å². The average Bonchev–Trinajstić information content (AvgIpc) is 2.89. The van der Waals surface area contributed by atoms with Crippen molar-refractivity contribution in [3.05, 3.63) is 30.0 Å². The number of aromatic nitrogens is 2. The van der Waals surface area contributed by atoms with Crippen molar-refractivity contribution in [2.45, 2.75) is 25.8 Å². The third kappa shape index (κ3) is 2.26. The number of fused-ring (bicyclic) bond motifs is 1. The van der Waals surface area contributed by atoms with E-state index in [0.29, 0.717) is 12.2 Å². The van der Waals surface area contributed by atoms with Gasteiger partial charge in [0.2, 0.25) is 0 Å². The molecule has 0 aliphatic carbocycles. The fourth-order valence-electron chi connectivity index (χ4n) is 3.05. The van der Waals surface area contributed by atoms with E-state index in [1.807, 2.05) is 31.2 Å². The fourth-order valence-corrected chi connectivity index (χ4v) is 3.05. The minimum atomic E-state index is -0.949. The van der Waals surface area contributed by atoms with Gasteiger partial charge in [0, 0.05) is 11.9 Å². The Hall–Kier alpha value is -2.37. The molecule has 6 nitrogen and oxygen atoms in total. The molecular formula is C15H17N3O3. The molecule has 2 atom stereocenters. The number of nitrogens with one attached hydrogen (secondary N) is 1. The van der Waals surface area contributed by atoms with Crippen LogP contribution in [0.1, 0.15) is 30.3 Å². The first-order valence-electron chi connectivity index (χ1n) is 7.06. The van der Waals surface area contributed by atoms with Crippen LogP contribution in [0.2, 0.25) is 0 Å². The molecule has 110 valence electrons. The molecular weight excluding hydrogens is 270 g/mol. The van der Waals surface area contributed by atoms with Gasteiger partial charge >= 0.3 is 5.97 Å². The molecule has 6 heteroatoms. The first kappa shape index (κ1) is 13.6. The molecule has 1 amide bonds. The summed E-state index contributed by atoms with van der Waals surface area (Å²) in [7, 11) is 0. The molecule has 3 rings (SSSR count). The number of carboxylic acid groups (broad SMARTS) is 1. The van der Waals surface area contributed by atoms with Gasteiger partial charge in [-0.25, -0.2) is 4.79 Å². The number of likely N-dealkylation sites (tertiary alicyclic amines) is 1. The van der Waals surface area contributed by atoms with Crippen LogP contribution in [0.4, 0.5) is 0 Å². The Morgan fingerprint density at radius 3 is 2.90 bits per heavy atom. The molecule has 1 fully saturated rings. The number of nitrogens with zero attached hydrogens (tertiary/aromatic N) is 2. The van der Waals surface area contributed by atoms with Crippen LogP contribution in [0.25, 0.3) is 10.9 Å². The van der Waals surface area contributed by atoms with E-state index in [4.69, 9.17) is 0 Å². The highest BCUT2D eigenvalue weighted by molar-refractivity contribution is 6.05. The van der Waals surface area contributed by atoms with Gasteiger partial charge in [0.05, 0.1) is 5.52 Å². The zero-order chi connectivity index (χ0) is 15.0. The summed E-state index contributed by atoms with van der Waals surface area (Å²) in [5, 5.41) is 17.0. The number of piperidine rings is 1. The Labute approximate surface area is 121 Å². The van der Waals surface area contributed by atoms with Crippen LogP contribution in [0, 0.1) is 5.92 Å². The second-order valence-corrected chi connectivity index (χ2v) is 5.52. The van der Waals surface area contributed by atoms with Gasteiger partial charge in [-0.15, -0.1) is 0 Å². The van der Waals surface area contributed by atoms with Crippen LogP contribution in [0.15, 0.2) is 24.3 Å². The number of carbonyl (C=O) groups excluding carboxylic acids is 1. The molecule has 0 saturated carbocycles. The summed E-state index contributed by atoms with van der Waals surface area (Å²) in [6.07, 6.45) is 1.64. The lowest BCUT2D eigenvalue weighted by Gasteiger charge is -2.36. The number of aromatic amines is 1. The number of benzene rings is 1. The molecule has 1 aromatic heterocycles. The van der Waals surface area contributed by atoms with Crippen LogP contribution >= 0.6 is 0 Å². The highest BCUT2D eigenvalue weighted by Crippen LogP contribution is 2.26. The van der Waals surface area contributed by atoms with Gasteiger partial charge in [-0.3, -0.25) is 9.89 Å². The maximum absolute atomic E-state index is 12.7. The van der Waals surface area contributed by atoms with E-state index in [1.165, 1.54) is 4.90 Å². The second-order valence-electron chi connectivity index (χ2n) is 5.52. The van der Waals surface area contributed by atoms with Crippen molar-refractivity contribution in [1.82, 2.24) is 15.1 Å². The van der Waals surface area contributed by atoms with E-state index < -0.39 is 12.0 Å². The van der Waals surface area contributed by atoms with Gasteiger partial charge in [-0.1, -0.05) is 25.1 Å². The summed E-state index contributed by atoms with van der Waals surface area (Å²) >= 11 is 0. The Bertz CT molecular complexity index is 694. The van der Waals surface area contributed by atoms with Gasteiger partial charge in [0.1, 0.15) is 6.04 Å². The Morgan fingerprint density at radius 1 is 1.38 bits per heavy atom. The van der Waals surface area contributed by atoms with E-state index in [0.717, 1.165) is 23.7 Å². The van der Waals surface area contributed by atoms with Crippen molar-refractivity contribution < 1.29 is 14.7 Å². The van der Waals surface area contributed by atoms with Gasteiger partial charge in [-0.2, -0.15) is 5.10 Å². The van der Waals surface area contributed by atoms with Crippen LogP contribution in [0.5, 0.6) is 0 Å². The van der Waals surface area contributed by atoms with Crippen LogP contribution in [-0.4, -0.2) is 44.7 Å². The minimum absolute atomic E-state index is 0.0505.